The monoisotopic (exact) mass is 222 g/mol. The lowest BCUT2D eigenvalue weighted by molar-refractivity contribution is -0.274. The zero-order chi connectivity index (χ0) is 11.6. The van der Waals surface area contributed by atoms with Gasteiger partial charge in [0, 0.05) is 12.6 Å². The molecule has 0 aliphatic carbocycles. The molecule has 6 N–H and O–H groups in total. The van der Waals surface area contributed by atoms with Gasteiger partial charge >= 0.3 is 6.36 Å². The lowest BCUT2D eigenvalue weighted by Gasteiger charge is -2.12. The maximum Gasteiger partial charge on any atom is 0.573 e. The molecule has 1 rings (SSSR count). The summed E-state index contributed by atoms with van der Waals surface area (Å²) in [7, 11) is 0. The van der Waals surface area contributed by atoms with Crippen LogP contribution in [0.15, 0.2) is 6.07 Å². The lowest BCUT2D eigenvalue weighted by atomic mass is 10.3. The number of nitrogens with two attached hydrogens (primary N) is 3. The highest BCUT2D eigenvalue weighted by Crippen LogP contribution is 2.31. The minimum atomic E-state index is -4.83. The smallest absolute Gasteiger partial charge is 0.403 e. The van der Waals surface area contributed by atoms with Crippen LogP contribution in [0.25, 0.3) is 0 Å². The quantitative estimate of drug-likeness (QED) is 0.680. The molecule has 0 atom stereocenters. The molecule has 1 aromatic rings. The highest BCUT2D eigenvalue weighted by Gasteiger charge is 2.32. The number of rotatable bonds is 2. The molecule has 0 bridgehead atoms. The number of aromatic nitrogens is 1. The average molecular weight is 222 g/mol. The summed E-state index contributed by atoms with van der Waals surface area (Å²) in [6, 6.07) is 0.999. The Labute approximate surface area is 83.0 Å². The van der Waals surface area contributed by atoms with Crippen molar-refractivity contribution < 1.29 is 17.9 Å². The number of hydrogen-bond donors (Lipinski definition) is 3. The van der Waals surface area contributed by atoms with Gasteiger partial charge in [0.1, 0.15) is 5.69 Å². The molecule has 84 valence electrons. The number of alkyl halides is 3. The summed E-state index contributed by atoms with van der Waals surface area (Å²) >= 11 is 0. The van der Waals surface area contributed by atoms with Crippen LogP contribution in [0, 0.1) is 0 Å². The molecular weight excluding hydrogens is 213 g/mol. The molecule has 5 nitrogen and oxygen atoms in total. The van der Waals surface area contributed by atoms with Gasteiger partial charge in [-0.1, -0.05) is 0 Å². The summed E-state index contributed by atoms with van der Waals surface area (Å²) in [6.07, 6.45) is -4.83. The second-order valence-electron chi connectivity index (χ2n) is 2.66. The predicted octanol–water partition coefficient (Wildman–Crippen LogP) is 0.603. The van der Waals surface area contributed by atoms with Crippen molar-refractivity contribution >= 4 is 11.5 Å². The van der Waals surface area contributed by atoms with E-state index in [0.29, 0.717) is 0 Å². The molecule has 0 amide bonds. The summed E-state index contributed by atoms with van der Waals surface area (Å²) in [4.78, 5) is 3.66. The molecule has 8 heteroatoms. The summed E-state index contributed by atoms with van der Waals surface area (Å²) in [6.45, 7) is -0.0568. The number of nitrogen functional groups attached to an aromatic ring is 2. The normalized spacial score (nSPS) is 11.5. The second-order valence-corrected chi connectivity index (χ2v) is 2.66. The summed E-state index contributed by atoms with van der Waals surface area (Å²) < 4.78 is 39.4. The van der Waals surface area contributed by atoms with Crippen molar-refractivity contribution in [2.24, 2.45) is 5.73 Å². The van der Waals surface area contributed by atoms with Crippen molar-refractivity contribution in [1.82, 2.24) is 4.98 Å². The molecular formula is C7H9F3N4O. The van der Waals surface area contributed by atoms with Crippen molar-refractivity contribution in [2.45, 2.75) is 12.9 Å². The predicted molar refractivity (Wildman–Crippen MR) is 47.6 cm³/mol. The van der Waals surface area contributed by atoms with Gasteiger partial charge in [-0.05, 0) is 0 Å². The van der Waals surface area contributed by atoms with Crippen LogP contribution in [0.1, 0.15) is 5.69 Å². The molecule has 0 aliphatic heterocycles. The molecule has 0 saturated heterocycles. The lowest BCUT2D eigenvalue weighted by Crippen LogP contribution is -2.19. The molecule has 0 fully saturated rings. The van der Waals surface area contributed by atoms with E-state index in [0.717, 1.165) is 6.07 Å². The highest BCUT2D eigenvalue weighted by atomic mass is 19.4. The van der Waals surface area contributed by atoms with Crippen LogP contribution in [0.3, 0.4) is 0 Å². The van der Waals surface area contributed by atoms with E-state index in [4.69, 9.17) is 17.2 Å². The Morgan fingerprint density at radius 3 is 2.40 bits per heavy atom. The molecule has 0 unspecified atom stereocenters. The van der Waals surface area contributed by atoms with Gasteiger partial charge in [-0.2, -0.15) is 0 Å². The van der Waals surface area contributed by atoms with E-state index in [2.05, 4.69) is 9.72 Å². The van der Waals surface area contributed by atoms with E-state index >= 15 is 0 Å². The van der Waals surface area contributed by atoms with Crippen molar-refractivity contribution in [3.05, 3.63) is 11.8 Å². The fraction of sp³-hybridized carbons (Fsp3) is 0.286. The Hall–Kier alpha value is -1.70. The van der Waals surface area contributed by atoms with Crippen LogP contribution in [0.5, 0.6) is 5.75 Å². The first-order valence-electron chi connectivity index (χ1n) is 3.84. The van der Waals surface area contributed by atoms with Gasteiger partial charge in [-0.3, -0.25) is 0 Å². The van der Waals surface area contributed by atoms with Crippen molar-refractivity contribution in [3.8, 4) is 5.75 Å². The average Bonchev–Trinajstić information content (AvgIpc) is 2.10. The van der Waals surface area contributed by atoms with E-state index in [1.807, 2.05) is 0 Å². The highest BCUT2D eigenvalue weighted by molar-refractivity contribution is 5.67. The number of ether oxygens (including phenoxy) is 1. The molecule has 0 aromatic carbocycles. The number of pyridine rings is 1. The van der Waals surface area contributed by atoms with Crippen molar-refractivity contribution in [1.29, 1.82) is 0 Å². The minimum absolute atomic E-state index is 0.0568. The Morgan fingerprint density at radius 1 is 1.33 bits per heavy atom. The topological polar surface area (TPSA) is 100 Å². The molecule has 1 heterocycles. The van der Waals surface area contributed by atoms with Crippen LogP contribution in [-0.2, 0) is 6.54 Å². The van der Waals surface area contributed by atoms with Gasteiger partial charge in [0.25, 0.3) is 0 Å². The van der Waals surface area contributed by atoms with E-state index < -0.39 is 12.1 Å². The van der Waals surface area contributed by atoms with E-state index in [-0.39, 0.29) is 23.7 Å². The first-order chi connectivity index (χ1) is 6.83. The standard InChI is InChI=1S/C7H9F3N4O/c8-7(9,10)15-4-1-3(2-11)14-6(13)5(4)12/h1H,2,11-12H2,(H2,13,14). The largest absolute Gasteiger partial charge is 0.573 e. The zero-order valence-corrected chi connectivity index (χ0v) is 7.51. The van der Waals surface area contributed by atoms with Crippen molar-refractivity contribution in [3.63, 3.8) is 0 Å². The summed E-state index contributed by atoms with van der Waals surface area (Å²) in [5, 5.41) is 0. The van der Waals surface area contributed by atoms with E-state index in [1.165, 1.54) is 0 Å². The first kappa shape index (κ1) is 11.4. The van der Waals surface area contributed by atoms with E-state index in [9.17, 15) is 13.2 Å². The second kappa shape index (κ2) is 3.81. The van der Waals surface area contributed by atoms with Gasteiger partial charge in [0.2, 0.25) is 0 Å². The first-order valence-corrected chi connectivity index (χ1v) is 3.84. The SMILES string of the molecule is NCc1cc(OC(F)(F)F)c(N)c(N)n1. The molecule has 0 radical (unpaired) electrons. The molecule has 0 spiro atoms. The van der Waals surface area contributed by atoms with Gasteiger partial charge < -0.3 is 21.9 Å². The Balaban J connectivity index is 3.11. The Bertz CT molecular complexity index is 366. The fourth-order valence-electron chi connectivity index (χ4n) is 0.916. The molecule has 0 saturated carbocycles. The Morgan fingerprint density at radius 2 is 1.93 bits per heavy atom. The maximum atomic E-state index is 11.9. The summed E-state index contributed by atoms with van der Waals surface area (Å²) in [5.41, 5.74) is 15.6. The number of halogens is 3. The zero-order valence-electron chi connectivity index (χ0n) is 7.51. The van der Waals surface area contributed by atoms with Crippen LogP contribution in [0.4, 0.5) is 24.7 Å². The van der Waals surface area contributed by atoms with Crippen LogP contribution < -0.4 is 21.9 Å². The summed E-state index contributed by atoms with van der Waals surface area (Å²) in [5.74, 6) is -0.826. The third kappa shape index (κ3) is 2.88. The van der Waals surface area contributed by atoms with E-state index in [1.54, 1.807) is 0 Å². The number of anilines is 2. The van der Waals surface area contributed by atoms with Crippen LogP contribution in [-0.4, -0.2) is 11.3 Å². The third-order valence-electron chi connectivity index (χ3n) is 1.54. The van der Waals surface area contributed by atoms with Crippen LogP contribution in [0.2, 0.25) is 0 Å². The van der Waals surface area contributed by atoms with Crippen LogP contribution >= 0.6 is 0 Å². The number of nitrogens with zero attached hydrogens (tertiary/aromatic N) is 1. The van der Waals surface area contributed by atoms with Gasteiger partial charge in [0.05, 0.1) is 5.69 Å². The maximum absolute atomic E-state index is 11.9. The third-order valence-corrected chi connectivity index (χ3v) is 1.54. The van der Waals surface area contributed by atoms with Gasteiger partial charge in [0.15, 0.2) is 11.6 Å². The minimum Gasteiger partial charge on any atom is -0.403 e. The van der Waals surface area contributed by atoms with Gasteiger partial charge in [-0.15, -0.1) is 13.2 Å². The molecule has 1 aromatic heterocycles. The molecule has 0 aliphatic rings. The van der Waals surface area contributed by atoms with Gasteiger partial charge in [-0.25, -0.2) is 4.98 Å². The fourth-order valence-corrected chi connectivity index (χ4v) is 0.916. The molecule has 15 heavy (non-hydrogen) atoms. The Kier molecular flexibility index (Phi) is 2.89. The number of hydrogen-bond acceptors (Lipinski definition) is 5. The van der Waals surface area contributed by atoms with Crippen molar-refractivity contribution in [2.75, 3.05) is 11.5 Å².